The molecule has 5 nitrogen and oxygen atoms in total. The molecule has 0 unspecified atom stereocenters. The Kier molecular flexibility index (Phi) is 3.44. The number of aromatic nitrogens is 1. The predicted molar refractivity (Wildman–Crippen MR) is 72.5 cm³/mol. The molecule has 19 heavy (non-hydrogen) atoms. The second-order valence-corrected chi connectivity index (χ2v) is 4.02. The van der Waals surface area contributed by atoms with Crippen LogP contribution in [0.25, 0.3) is 0 Å². The fraction of sp³-hybridized carbons (Fsp3) is 0.0714. The SMILES string of the molecule is Cc1c(C#N)cc(N)cc1C(=O)Nc1ccccn1. The number of nitrogens with one attached hydrogen (secondary N) is 1. The van der Waals surface area contributed by atoms with Crippen LogP contribution < -0.4 is 11.1 Å². The minimum Gasteiger partial charge on any atom is -0.399 e. The van der Waals surface area contributed by atoms with Gasteiger partial charge in [-0.15, -0.1) is 0 Å². The van der Waals surface area contributed by atoms with Gasteiger partial charge in [0.2, 0.25) is 0 Å². The van der Waals surface area contributed by atoms with Crippen LogP contribution in [0.4, 0.5) is 11.5 Å². The van der Waals surface area contributed by atoms with E-state index in [0.717, 1.165) is 0 Å². The van der Waals surface area contributed by atoms with Gasteiger partial charge >= 0.3 is 0 Å². The summed E-state index contributed by atoms with van der Waals surface area (Å²) in [4.78, 5) is 16.1. The molecule has 1 aromatic heterocycles. The molecule has 2 rings (SSSR count). The highest BCUT2D eigenvalue weighted by Crippen LogP contribution is 2.19. The van der Waals surface area contributed by atoms with Crippen molar-refractivity contribution in [1.82, 2.24) is 4.98 Å². The highest BCUT2D eigenvalue weighted by atomic mass is 16.1. The van der Waals surface area contributed by atoms with Gasteiger partial charge in [-0.25, -0.2) is 4.98 Å². The minimum absolute atomic E-state index is 0.333. The van der Waals surface area contributed by atoms with Gasteiger partial charge in [-0.2, -0.15) is 5.26 Å². The molecule has 0 aliphatic rings. The first kappa shape index (κ1) is 12.6. The molecule has 1 aromatic carbocycles. The summed E-state index contributed by atoms with van der Waals surface area (Å²) in [5.74, 6) is 0.118. The molecule has 1 heterocycles. The molecule has 0 bridgehead atoms. The van der Waals surface area contributed by atoms with Crippen LogP contribution in [-0.4, -0.2) is 10.9 Å². The third-order valence-electron chi connectivity index (χ3n) is 2.70. The zero-order chi connectivity index (χ0) is 13.8. The Labute approximate surface area is 110 Å². The number of carbonyl (C=O) groups excluding carboxylic acids is 1. The van der Waals surface area contributed by atoms with E-state index in [1.165, 1.54) is 0 Å². The maximum Gasteiger partial charge on any atom is 0.257 e. The molecule has 0 saturated carbocycles. The monoisotopic (exact) mass is 252 g/mol. The standard InChI is InChI=1S/C14H12N4O/c1-9-10(8-15)6-11(16)7-12(9)14(19)18-13-4-2-3-5-17-13/h2-7H,16H2,1H3,(H,17,18,19). The maximum atomic E-state index is 12.1. The second-order valence-electron chi connectivity index (χ2n) is 4.02. The van der Waals surface area contributed by atoms with Crippen LogP contribution in [0.3, 0.4) is 0 Å². The van der Waals surface area contributed by atoms with Crippen molar-refractivity contribution in [3.05, 3.63) is 53.2 Å². The number of nitriles is 1. The van der Waals surface area contributed by atoms with E-state index in [4.69, 9.17) is 11.0 Å². The Bertz CT molecular complexity index is 659. The Morgan fingerprint density at radius 1 is 1.42 bits per heavy atom. The molecule has 0 fully saturated rings. The highest BCUT2D eigenvalue weighted by Gasteiger charge is 2.13. The molecule has 94 valence electrons. The number of nitrogens with two attached hydrogens (primary N) is 1. The molecule has 1 amide bonds. The number of rotatable bonds is 2. The van der Waals surface area contributed by atoms with E-state index in [1.54, 1.807) is 43.5 Å². The van der Waals surface area contributed by atoms with Gasteiger partial charge in [-0.05, 0) is 36.8 Å². The molecular formula is C14H12N4O. The van der Waals surface area contributed by atoms with E-state index in [0.29, 0.717) is 28.2 Å². The summed E-state index contributed by atoms with van der Waals surface area (Å²) in [5, 5.41) is 11.7. The second kappa shape index (κ2) is 5.19. The Morgan fingerprint density at radius 3 is 2.84 bits per heavy atom. The van der Waals surface area contributed by atoms with Gasteiger partial charge in [0.05, 0.1) is 11.6 Å². The molecule has 0 aliphatic carbocycles. The molecule has 2 aromatic rings. The lowest BCUT2D eigenvalue weighted by atomic mass is 10.0. The van der Waals surface area contributed by atoms with Crippen LogP contribution in [0.5, 0.6) is 0 Å². The molecule has 3 N–H and O–H groups in total. The number of nitrogens with zero attached hydrogens (tertiary/aromatic N) is 2. The van der Waals surface area contributed by atoms with Gasteiger partial charge in [-0.3, -0.25) is 4.79 Å². The number of pyridine rings is 1. The number of hydrogen-bond donors (Lipinski definition) is 2. The first-order valence-electron chi connectivity index (χ1n) is 5.64. The predicted octanol–water partition coefficient (Wildman–Crippen LogP) is 2.10. The number of carbonyl (C=O) groups is 1. The summed E-state index contributed by atoms with van der Waals surface area (Å²) in [6.45, 7) is 1.71. The van der Waals surface area contributed by atoms with Gasteiger partial charge in [0, 0.05) is 17.4 Å². The van der Waals surface area contributed by atoms with Crippen molar-refractivity contribution < 1.29 is 4.79 Å². The largest absolute Gasteiger partial charge is 0.399 e. The van der Waals surface area contributed by atoms with Gasteiger partial charge in [0.15, 0.2) is 0 Å². The van der Waals surface area contributed by atoms with Crippen LogP contribution in [0.15, 0.2) is 36.5 Å². The molecule has 0 aliphatic heterocycles. The van der Waals surface area contributed by atoms with Crippen molar-refractivity contribution in [1.29, 1.82) is 5.26 Å². The number of anilines is 2. The van der Waals surface area contributed by atoms with E-state index in [2.05, 4.69) is 10.3 Å². The Balaban J connectivity index is 2.35. The van der Waals surface area contributed by atoms with E-state index in [9.17, 15) is 4.79 Å². The Hall–Kier alpha value is -2.87. The fourth-order valence-electron chi connectivity index (χ4n) is 1.71. The Morgan fingerprint density at radius 2 is 2.21 bits per heavy atom. The van der Waals surface area contributed by atoms with Crippen molar-refractivity contribution in [2.75, 3.05) is 11.1 Å². The lowest BCUT2D eigenvalue weighted by Crippen LogP contribution is -2.15. The zero-order valence-electron chi connectivity index (χ0n) is 10.3. The zero-order valence-corrected chi connectivity index (χ0v) is 10.3. The summed E-state index contributed by atoms with van der Waals surface area (Å²) in [5.41, 5.74) is 7.44. The molecular weight excluding hydrogens is 240 g/mol. The van der Waals surface area contributed by atoms with Crippen molar-refractivity contribution in [2.45, 2.75) is 6.92 Å². The normalized spacial score (nSPS) is 9.68. The smallest absolute Gasteiger partial charge is 0.257 e. The summed E-state index contributed by atoms with van der Waals surface area (Å²) < 4.78 is 0. The van der Waals surface area contributed by atoms with Crippen molar-refractivity contribution >= 4 is 17.4 Å². The summed E-state index contributed by atoms with van der Waals surface area (Å²) in [7, 11) is 0. The van der Waals surface area contributed by atoms with E-state index in [-0.39, 0.29) is 5.91 Å². The van der Waals surface area contributed by atoms with Crippen molar-refractivity contribution in [3.8, 4) is 6.07 Å². The van der Waals surface area contributed by atoms with E-state index in [1.807, 2.05) is 6.07 Å². The average Bonchev–Trinajstić information content (AvgIpc) is 2.42. The molecule has 0 atom stereocenters. The molecule has 0 spiro atoms. The highest BCUT2D eigenvalue weighted by molar-refractivity contribution is 6.05. The number of amides is 1. The lowest BCUT2D eigenvalue weighted by Gasteiger charge is -2.09. The number of nitrogen functional groups attached to an aromatic ring is 1. The molecule has 0 radical (unpaired) electrons. The molecule has 5 heteroatoms. The first-order valence-corrected chi connectivity index (χ1v) is 5.64. The topological polar surface area (TPSA) is 91.8 Å². The van der Waals surface area contributed by atoms with Crippen LogP contribution in [0.2, 0.25) is 0 Å². The first-order chi connectivity index (χ1) is 9.11. The van der Waals surface area contributed by atoms with E-state index >= 15 is 0 Å². The number of hydrogen-bond acceptors (Lipinski definition) is 4. The minimum atomic E-state index is -0.333. The fourth-order valence-corrected chi connectivity index (χ4v) is 1.71. The van der Waals surface area contributed by atoms with Gasteiger partial charge < -0.3 is 11.1 Å². The van der Waals surface area contributed by atoms with Crippen LogP contribution >= 0.6 is 0 Å². The van der Waals surface area contributed by atoms with Gasteiger partial charge in [0.25, 0.3) is 5.91 Å². The summed E-state index contributed by atoms with van der Waals surface area (Å²) in [6.07, 6.45) is 1.59. The van der Waals surface area contributed by atoms with E-state index < -0.39 is 0 Å². The van der Waals surface area contributed by atoms with Crippen LogP contribution in [0.1, 0.15) is 21.5 Å². The lowest BCUT2D eigenvalue weighted by molar-refractivity contribution is 0.102. The average molecular weight is 252 g/mol. The summed E-state index contributed by atoms with van der Waals surface area (Å²) >= 11 is 0. The van der Waals surface area contributed by atoms with Crippen molar-refractivity contribution in [3.63, 3.8) is 0 Å². The van der Waals surface area contributed by atoms with Crippen molar-refractivity contribution in [2.24, 2.45) is 0 Å². The maximum absolute atomic E-state index is 12.1. The molecule has 0 saturated heterocycles. The van der Waals surface area contributed by atoms with Gasteiger partial charge in [-0.1, -0.05) is 6.07 Å². The third kappa shape index (κ3) is 2.69. The van der Waals surface area contributed by atoms with Gasteiger partial charge in [0.1, 0.15) is 5.82 Å². The van der Waals surface area contributed by atoms with Crippen LogP contribution in [-0.2, 0) is 0 Å². The van der Waals surface area contributed by atoms with Crippen LogP contribution in [0, 0.1) is 18.3 Å². The quantitative estimate of drug-likeness (QED) is 0.800. The summed E-state index contributed by atoms with van der Waals surface area (Å²) in [6, 6.07) is 10.3. The third-order valence-corrected chi connectivity index (χ3v) is 2.70. The number of benzene rings is 1.